The van der Waals surface area contributed by atoms with Gasteiger partial charge in [-0.15, -0.1) is 0 Å². The Hall–Kier alpha value is -1.71. The van der Waals surface area contributed by atoms with Gasteiger partial charge in [0.2, 0.25) is 5.91 Å². The number of amides is 1. The lowest BCUT2D eigenvalue weighted by atomic mass is 9.85. The van der Waals surface area contributed by atoms with Crippen LogP contribution in [0.5, 0.6) is 0 Å². The minimum atomic E-state index is 0.0338. The molecule has 0 bridgehead atoms. The standard InChI is InChI=1S/C11H13N3O/c15-11(10-2-1-3-10)14-13-8-9-4-6-12-7-5-9/h4-8,10H,1-3H2,(H,14,15). The predicted octanol–water partition coefficient (Wildman–Crippen LogP) is 1.33. The van der Waals surface area contributed by atoms with Gasteiger partial charge in [-0.1, -0.05) is 6.42 Å². The van der Waals surface area contributed by atoms with Crippen LogP contribution in [0.4, 0.5) is 0 Å². The molecule has 0 aliphatic heterocycles. The van der Waals surface area contributed by atoms with Crippen LogP contribution in [0.3, 0.4) is 0 Å². The van der Waals surface area contributed by atoms with E-state index in [4.69, 9.17) is 0 Å². The number of carbonyl (C=O) groups is 1. The molecule has 0 saturated heterocycles. The van der Waals surface area contributed by atoms with Crippen molar-refractivity contribution in [2.24, 2.45) is 11.0 Å². The van der Waals surface area contributed by atoms with Crippen molar-refractivity contribution in [3.63, 3.8) is 0 Å². The van der Waals surface area contributed by atoms with Crippen molar-refractivity contribution in [3.8, 4) is 0 Å². The summed E-state index contributed by atoms with van der Waals surface area (Å²) in [5, 5.41) is 3.89. The highest BCUT2D eigenvalue weighted by molar-refractivity contribution is 5.83. The van der Waals surface area contributed by atoms with E-state index < -0.39 is 0 Å². The molecule has 1 amide bonds. The van der Waals surface area contributed by atoms with Gasteiger partial charge in [-0.3, -0.25) is 9.78 Å². The predicted molar refractivity (Wildman–Crippen MR) is 57.3 cm³/mol. The molecule has 0 radical (unpaired) electrons. The van der Waals surface area contributed by atoms with Gasteiger partial charge >= 0.3 is 0 Å². The Morgan fingerprint density at radius 2 is 2.20 bits per heavy atom. The third-order valence-electron chi connectivity index (χ3n) is 2.57. The Bertz CT molecular complexity index is 357. The molecule has 1 aromatic heterocycles. The zero-order chi connectivity index (χ0) is 10.5. The highest BCUT2D eigenvalue weighted by atomic mass is 16.2. The fraction of sp³-hybridized carbons (Fsp3) is 0.364. The maximum absolute atomic E-state index is 11.4. The van der Waals surface area contributed by atoms with Crippen molar-refractivity contribution in [1.82, 2.24) is 10.4 Å². The molecule has 0 spiro atoms. The van der Waals surface area contributed by atoms with Gasteiger partial charge < -0.3 is 0 Å². The Labute approximate surface area is 88.4 Å². The van der Waals surface area contributed by atoms with Crippen LogP contribution in [-0.4, -0.2) is 17.1 Å². The summed E-state index contributed by atoms with van der Waals surface area (Å²) in [4.78, 5) is 15.3. The molecule has 4 nitrogen and oxygen atoms in total. The zero-order valence-electron chi connectivity index (χ0n) is 8.39. The van der Waals surface area contributed by atoms with Crippen LogP contribution in [0, 0.1) is 5.92 Å². The summed E-state index contributed by atoms with van der Waals surface area (Å²) in [5.74, 6) is 0.214. The van der Waals surface area contributed by atoms with Gasteiger partial charge in [0.1, 0.15) is 0 Å². The lowest BCUT2D eigenvalue weighted by molar-refractivity contribution is -0.127. The number of aromatic nitrogens is 1. The third kappa shape index (κ3) is 2.62. The number of nitrogens with zero attached hydrogens (tertiary/aromatic N) is 2. The molecule has 1 heterocycles. The monoisotopic (exact) mass is 203 g/mol. The molecular weight excluding hydrogens is 190 g/mol. The van der Waals surface area contributed by atoms with Crippen molar-refractivity contribution in [2.75, 3.05) is 0 Å². The lowest BCUT2D eigenvalue weighted by Gasteiger charge is -2.22. The smallest absolute Gasteiger partial charge is 0.243 e. The Balaban J connectivity index is 1.82. The molecule has 1 aliphatic carbocycles. The number of hydrazone groups is 1. The molecule has 4 heteroatoms. The summed E-state index contributed by atoms with van der Waals surface area (Å²) < 4.78 is 0. The number of hydrogen-bond acceptors (Lipinski definition) is 3. The highest BCUT2D eigenvalue weighted by Gasteiger charge is 2.24. The van der Waals surface area contributed by atoms with Crippen molar-refractivity contribution < 1.29 is 4.79 Å². The topological polar surface area (TPSA) is 54.4 Å². The van der Waals surface area contributed by atoms with E-state index in [0.717, 1.165) is 24.8 Å². The van der Waals surface area contributed by atoms with E-state index in [-0.39, 0.29) is 11.8 Å². The van der Waals surface area contributed by atoms with Gasteiger partial charge in [-0.25, -0.2) is 5.43 Å². The number of rotatable bonds is 3. The van der Waals surface area contributed by atoms with Crippen molar-refractivity contribution in [1.29, 1.82) is 0 Å². The Morgan fingerprint density at radius 3 is 2.80 bits per heavy atom. The van der Waals surface area contributed by atoms with Gasteiger partial charge in [0.25, 0.3) is 0 Å². The van der Waals surface area contributed by atoms with Gasteiger partial charge in [-0.05, 0) is 30.5 Å². The van der Waals surface area contributed by atoms with Crippen LogP contribution in [0.2, 0.25) is 0 Å². The summed E-state index contributed by atoms with van der Waals surface area (Å²) in [6.07, 6.45) is 8.15. The first-order valence-electron chi connectivity index (χ1n) is 5.09. The van der Waals surface area contributed by atoms with Crippen LogP contribution >= 0.6 is 0 Å². The zero-order valence-corrected chi connectivity index (χ0v) is 8.39. The summed E-state index contributed by atoms with van der Waals surface area (Å²) in [5.41, 5.74) is 3.47. The van der Waals surface area contributed by atoms with Crippen molar-refractivity contribution in [2.45, 2.75) is 19.3 Å². The van der Waals surface area contributed by atoms with Gasteiger partial charge in [0.15, 0.2) is 0 Å². The first-order valence-corrected chi connectivity index (χ1v) is 5.09. The second-order valence-corrected chi connectivity index (χ2v) is 3.64. The molecule has 0 aromatic carbocycles. The van der Waals surface area contributed by atoms with E-state index in [1.54, 1.807) is 18.6 Å². The minimum absolute atomic E-state index is 0.0338. The molecule has 1 aromatic rings. The average Bonchev–Trinajstić information content (AvgIpc) is 2.16. The minimum Gasteiger partial charge on any atom is -0.273 e. The maximum atomic E-state index is 11.4. The normalized spacial score (nSPS) is 16.3. The molecule has 2 rings (SSSR count). The molecule has 1 N–H and O–H groups in total. The van der Waals surface area contributed by atoms with E-state index in [0.29, 0.717) is 0 Å². The Morgan fingerprint density at radius 1 is 1.47 bits per heavy atom. The molecule has 15 heavy (non-hydrogen) atoms. The first kappa shape index (κ1) is 9.83. The Kier molecular flexibility index (Phi) is 3.07. The fourth-order valence-corrected chi connectivity index (χ4v) is 1.38. The summed E-state index contributed by atoms with van der Waals surface area (Å²) in [6.45, 7) is 0. The van der Waals surface area contributed by atoms with Gasteiger partial charge in [0.05, 0.1) is 6.21 Å². The molecule has 78 valence electrons. The molecule has 1 fully saturated rings. The number of hydrogen-bond donors (Lipinski definition) is 1. The van der Waals surface area contributed by atoms with Gasteiger partial charge in [0, 0.05) is 18.3 Å². The van der Waals surface area contributed by atoms with Crippen LogP contribution in [0.1, 0.15) is 24.8 Å². The van der Waals surface area contributed by atoms with Crippen LogP contribution in [0.25, 0.3) is 0 Å². The molecular formula is C11H13N3O. The SMILES string of the molecule is O=C(NN=Cc1ccncc1)C1CCC1. The second-order valence-electron chi connectivity index (χ2n) is 3.64. The largest absolute Gasteiger partial charge is 0.273 e. The summed E-state index contributed by atoms with van der Waals surface area (Å²) in [7, 11) is 0. The first-order chi connectivity index (χ1) is 7.36. The van der Waals surface area contributed by atoms with E-state index in [1.165, 1.54) is 0 Å². The molecule has 1 saturated carbocycles. The van der Waals surface area contributed by atoms with Crippen molar-refractivity contribution >= 4 is 12.1 Å². The van der Waals surface area contributed by atoms with Gasteiger partial charge in [-0.2, -0.15) is 5.10 Å². The van der Waals surface area contributed by atoms with E-state index in [1.807, 2.05) is 12.1 Å². The van der Waals surface area contributed by atoms with Crippen LogP contribution in [-0.2, 0) is 4.79 Å². The molecule has 0 unspecified atom stereocenters. The van der Waals surface area contributed by atoms with Crippen LogP contribution < -0.4 is 5.43 Å². The van der Waals surface area contributed by atoms with E-state index in [9.17, 15) is 4.79 Å². The maximum Gasteiger partial charge on any atom is 0.243 e. The quantitative estimate of drug-likeness (QED) is 0.595. The number of carbonyl (C=O) groups excluding carboxylic acids is 1. The number of pyridine rings is 1. The third-order valence-corrected chi connectivity index (χ3v) is 2.57. The van der Waals surface area contributed by atoms with E-state index >= 15 is 0 Å². The fourth-order valence-electron chi connectivity index (χ4n) is 1.38. The summed E-state index contributed by atoms with van der Waals surface area (Å²) in [6, 6.07) is 3.66. The molecule has 1 aliphatic rings. The van der Waals surface area contributed by atoms with Crippen molar-refractivity contribution in [3.05, 3.63) is 30.1 Å². The lowest BCUT2D eigenvalue weighted by Crippen LogP contribution is -2.31. The average molecular weight is 203 g/mol. The highest BCUT2D eigenvalue weighted by Crippen LogP contribution is 2.25. The summed E-state index contributed by atoms with van der Waals surface area (Å²) >= 11 is 0. The number of nitrogens with one attached hydrogen (secondary N) is 1. The van der Waals surface area contributed by atoms with E-state index in [2.05, 4.69) is 15.5 Å². The van der Waals surface area contributed by atoms with Crippen LogP contribution in [0.15, 0.2) is 29.6 Å². The molecule has 0 atom stereocenters. The second kappa shape index (κ2) is 4.68.